The summed E-state index contributed by atoms with van der Waals surface area (Å²) in [5, 5.41) is 2.24. The molecule has 0 bridgehead atoms. The average molecular weight is 287 g/mol. The van der Waals surface area contributed by atoms with Crippen LogP contribution in [0.25, 0.3) is 5.52 Å². The van der Waals surface area contributed by atoms with Gasteiger partial charge < -0.3 is 9.72 Å². The number of fused-ring (bicyclic) bond motifs is 1. The number of hydrogen-bond acceptors (Lipinski definition) is 2. The predicted molar refractivity (Wildman–Crippen MR) is 74.2 cm³/mol. The highest BCUT2D eigenvalue weighted by molar-refractivity contribution is 6.07. The van der Waals surface area contributed by atoms with E-state index in [1.807, 2.05) is 0 Å². The molecule has 1 amide bonds. The normalized spacial score (nSPS) is 10.8. The van der Waals surface area contributed by atoms with Gasteiger partial charge in [0.25, 0.3) is 5.91 Å². The highest BCUT2D eigenvalue weighted by Crippen LogP contribution is 2.20. The Labute approximate surface area is 119 Å². The van der Waals surface area contributed by atoms with E-state index >= 15 is 0 Å². The molecular weight excluding hydrogens is 276 g/mol. The van der Waals surface area contributed by atoms with Crippen molar-refractivity contribution >= 4 is 17.1 Å². The number of nitrogens with zero attached hydrogens (tertiary/aromatic N) is 2. The molecule has 0 atom stereocenters. The molecular formula is C15H11F2N3O. The van der Waals surface area contributed by atoms with Crippen LogP contribution < -0.4 is 5.32 Å². The Hall–Kier alpha value is -2.76. The van der Waals surface area contributed by atoms with E-state index in [0.717, 1.165) is 12.1 Å². The summed E-state index contributed by atoms with van der Waals surface area (Å²) in [6.45, 7) is 1.74. The van der Waals surface area contributed by atoms with Gasteiger partial charge in [-0.25, -0.2) is 13.8 Å². The zero-order valence-corrected chi connectivity index (χ0v) is 11.1. The second-order valence-corrected chi connectivity index (χ2v) is 4.51. The van der Waals surface area contributed by atoms with Crippen molar-refractivity contribution in [3.05, 3.63) is 65.7 Å². The lowest BCUT2D eigenvalue weighted by Crippen LogP contribution is -2.15. The lowest BCUT2D eigenvalue weighted by molar-refractivity contribution is 0.102. The van der Waals surface area contributed by atoms with Gasteiger partial charge in [-0.3, -0.25) is 4.79 Å². The monoisotopic (exact) mass is 287 g/mol. The van der Waals surface area contributed by atoms with Gasteiger partial charge in [0, 0.05) is 6.20 Å². The van der Waals surface area contributed by atoms with Crippen molar-refractivity contribution in [3.8, 4) is 0 Å². The molecule has 21 heavy (non-hydrogen) atoms. The third kappa shape index (κ3) is 2.24. The van der Waals surface area contributed by atoms with Crippen molar-refractivity contribution in [1.82, 2.24) is 9.38 Å². The largest absolute Gasteiger partial charge is 0.316 e. The topological polar surface area (TPSA) is 46.4 Å². The number of carbonyl (C=O) groups excluding carboxylic acids is 1. The molecule has 0 unspecified atom stereocenters. The van der Waals surface area contributed by atoms with E-state index in [4.69, 9.17) is 0 Å². The number of halogens is 2. The third-order valence-electron chi connectivity index (χ3n) is 3.14. The van der Waals surface area contributed by atoms with Crippen molar-refractivity contribution in [2.75, 3.05) is 5.32 Å². The number of imidazole rings is 1. The Morgan fingerprint density at radius 2 is 1.86 bits per heavy atom. The zero-order valence-electron chi connectivity index (χ0n) is 11.1. The first-order valence-corrected chi connectivity index (χ1v) is 6.27. The standard InChI is InChI=1S/C15H11F2N3O/c1-9-18-14(12-7-2-3-8-20(9)12)15(21)19-13-10(16)5-4-6-11(13)17/h2-8H,1H3,(H,19,21). The number of pyridine rings is 1. The van der Waals surface area contributed by atoms with Gasteiger partial charge in [0.05, 0.1) is 5.52 Å². The summed E-state index contributed by atoms with van der Waals surface area (Å²) >= 11 is 0. The Bertz CT molecular complexity index is 822. The average Bonchev–Trinajstić information content (AvgIpc) is 2.81. The summed E-state index contributed by atoms with van der Waals surface area (Å²) in [5.41, 5.74) is 0.220. The van der Waals surface area contributed by atoms with Crippen molar-refractivity contribution in [2.45, 2.75) is 6.92 Å². The van der Waals surface area contributed by atoms with Crippen LogP contribution in [0.2, 0.25) is 0 Å². The Morgan fingerprint density at radius 3 is 2.57 bits per heavy atom. The van der Waals surface area contributed by atoms with Crippen LogP contribution in [0.15, 0.2) is 42.6 Å². The summed E-state index contributed by atoms with van der Waals surface area (Å²) in [4.78, 5) is 16.4. The lowest BCUT2D eigenvalue weighted by atomic mass is 10.2. The zero-order chi connectivity index (χ0) is 15.0. The SMILES string of the molecule is Cc1nc(C(=O)Nc2c(F)cccc2F)c2ccccn12. The van der Waals surface area contributed by atoms with Crippen molar-refractivity contribution < 1.29 is 13.6 Å². The number of aryl methyl sites for hydroxylation is 1. The summed E-state index contributed by atoms with van der Waals surface area (Å²) in [6, 6.07) is 8.67. The van der Waals surface area contributed by atoms with E-state index in [0.29, 0.717) is 11.3 Å². The fourth-order valence-corrected chi connectivity index (χ4v) is 2.15. The second kappa shape index (κ2) is 4.97. The molecule has 4 nitrogen and oxygen atoms in total. The Morgan fingerprint density at radius 1 is 1.14 bits per heavy atom. The van der Waals surface area contributed by atoms with Crippen LogP contribution in [-0.2, 0) is 0 Å². The smallest absolute Gasteiger partial charge is 0.276 e. The van der Waals surface area contributed by atoms with Crippen molar-refractivity contribution in [3.63, 3.8) is 0 Å². The number of para-hydroxylation sites is 1. The molecule has 2 aromatic heterocycles. The van der Waals surface area contributed by atoms with Crippen LogP contribution in [0, 0.1) is 18.6 Å². The summed E-state index contributed by atoms with van der Waals surface area (Å²) < 4.78 is 28.9. The lowest BCUT2D eigenvalue weighted by Gasteiger charge is -2.06. The highest BCUT2D eigenvalue weighted by Gasteiger charge is 2.18. The summed E-state index contributed by atoms with van der Waals surface area (Å²) in [6.07, 6.45) is 1.76. The maximum Gasteiger partial charge on any atom is 0.276 e. The second-order valence-electron chi connectivity index (χ2n) is 4.51. The van der Waals surface area contributed by atoms with Crippen LogP contribution in [-0.4, -0.2) is 15.3 Å². The van der Waals surface area contributed by atoms with Gasteiger partial charge in [-0.1, -0.05) is 12.1 Å². The number of anilines is 1. The molecule has 0 radical (unpaired) electrons. The summed E-state index contributed by atoms with van der Waals surface area (Å²) in [7, 11) is 0. The number of aromatic nitrogens is 2. The number of carbonyl (C=O) groups is 1. The third-order valence-corrected chi connectivity index (χ3v) is 3.14. The van der Waals surface area contributed by atoms with Crippen LogP contribution in [0.5, 0.6) is 0 Å². The van der Waals surface area contributed by atoms with Gasteiger partial charge in [0.15, 0.2) is 5.69 Å². The van der Waals surface area contributed by atoms with Crippen LogP contribution >= 0.6 is 0 Å². The van der Waals surface area contributed by atoms with E-state index in [-0.39, 0.29) is 5.69 Å². The molecule has 0 aliphatic heterocycles. The minimum Gasteiger partial charge on any atom is -0.316 e. The molecule has 0 saturated carbocycles. The van der Waals surface area contributed by atoms with Crippen LogP contribution in [0.3, 0.4) is 0 Å². The maximum atomic E-state index is 13.6. The quantitative estimate of drug-likeness (QED) is 0.787. The minimum absolute atomic E-state index is 0.121. The first-order valence-electron chi connectivity index (χ1n) is 6.27. The van der Waals surface area contributed by atoms with Crippen molar-refractivity contribution in [2.24, 2.45) is 0 Å². The predicted octanol–water partition coefficient (Wildman–Crippen LogP) is 3.17. The van der Waals surface area contributed by atoms with Gasteiger partial charge in [-0.05, 0) is 31.2 Å². The summed E-state index contributed by atoms with van der Waals surface area (Å²) in [5.74, 6) is -1.70. The molecule has 1 N–H and O–H groups in total. The molecule has 3 rings (SSSR count). The molecule has 0 aliphatic rings. The Balaban J connectivity index is 2.02. The van der Waals surface area contributed by atoms with Gasteiger partial charge in [0.2, 0.25) is 0 Å². The molecule has 6 heteroatoms. The molecule has 0 spiro atoms. The van der Waals surface area contributed by atoms with Gasteiger partial charge >= 0.3 is 0 Å². The molecule has 106 valence electrons. The number of amides is 1. The first kappa shape index (κ1) is 13.2. The van der Waals surface area contributed by atoms with Gasteiger partial charge in [-0.2, -0.15) is 0 Å². The number of benzene rings is 1. The van der Waals surface area contributed by atoms with Crippen LogP contribution in [0.4, 0.5) is 14.5 Å². The molecule has 0 fully saturated rings. The number of nitrogens with one attached hydrogen (secondary N) is 1. The molecule has 2 heterocycles. The molecule has 0 saturated heterocycles. The minimum atomic E-state index is -0.830. The highest BCUT2D eigenvalue weighted by atomic mass is 19.1. The molecule has 3 aromatic rings. The van der Waals surface area contributed by atoms with E-state index in [9.17, 15) is 13.6 Å². The number of hydrogen-bond donors (Lipinski definition) is 1. The van der Waals surface area contributed by atoms with E-state index in [1.165, 1.54) is 6.07 Å². The fourth-order valence-electron chi connectivity index (χ4n) is 2.15. The van der Waals surface area contributed by atoms with Gasteiger partial charge in [0.1, 0.15) is 23.1 Å². The van der Waals surface area contributed by atoms with Gasteiger partial charge in [-0.15, -0.1) is 0 Å². The van der Waals surface area contributed by atoms with E-state index in [2.05, 4.69) is 10.3 Å². The van der Waals surface area contributed by atoms with Crippen molar-refractivity contribution in [1.29, 1.82) is 0 Å². The number of rotatable bonds is 2. The maximum absolute atomic E-state index is 13.6. The first-order chi connectivity index (χ1) is 10.1. The van der Waals surface area contributed by atoms with E-state index in [1.54, 1.807) is 35.7 Å². The fraction of sp³-hybridized carbons (Fsp3) is 0.0667. The molecule has 1 aromatic carbocycles. The molecule has 0 aliphatic carbocycles. The van der Waals surface area contributed by atoms with Crippen LogP contribution in [0.1, 0.15) is 16.3 Å². The van der Waals surface area contributed by atoms with E-state index < -0.39 is 23.2 Å². The Kier molecular flexibility index (Phi) is 3.13.